The van der Waals surface area contributed by atoms with Gasteiger partial charge in [0.05, 0.1) is 5.39 Å². The van der Waals surface area contributed by atoms with E-state index in [4.69, 9.17) is 5.73 Å². The number of fused-ring (bicyclic) bond motifs is 1. The molecule has 3 N–H and O–H groups in total. The highest BCUT2D eigenvalue weighted by atomic mass is 19.1. The molecule has 0 amide bonds. The number of aromatic nitrogens is 2. The van der Waals surface area contributed by atoms with Crippen molar-refractivity contribution in [3.05, 3.63) is 63.7 Å². The Morgan fingerprint density at radius 1 is 1.21 bits per heavy atom. The Labute approximate surface area is 190 Å². The van der Waals surface area contributed by atoms with Crippen molar-refractivity contribution in [3.63, 3.8) is 0 Å². The number of pyridine rings is 2. The molecule has 0 bridgehead atoms. The lowest BCUT2D eigenvalue weighted by molar-refractivity contribution is 0.0695. The van der Waals surface area contributed by atoms with E-state index in [1.807, 2.05) is 48.2 Å². The Bertz CT molecular complexity index is 1300. The number of aromatic carboxylic acids is 1. The molecule has 1 aliphatic heterocycles. The monoisotopic (exact) mass is 451 g/mol. The zero-order chi connectivity index (χ0) is 23.4. The number of benzene rings is 1. The average molecular weight is 452 g/mol. The molecule has 0 radical (unpaired) electrons. The van der Waals surface area contributed by atoms with Gasteiger partial charge in [0.25, 0.3) is 0 Å². The predicted molar refractivity (Wildman–Crippen MR) is 125 cm³/mol. The summed E-state index contributed by atoms with van der Waals surface area (Å²) in [4.78, 5) is 32.6. The van der Waals surface area contributed by atoms with Crippen molar-refractivity contribution in [2.45, 2.75) is 30.8 Å². The van der Waals surface area contributed by atoms with Crippen LogP contribution in [0.4, 0.5) is 15.9 Å². The van der Waals surface area contributed by atoms with Crippen molar-refractivity contribution >= 4 is 28.5 Å². The van der Waals surface area contributed by atoms with E-state index in [0.717, 1.165) is 30.2 Å². The molecule has 9 heteroatoms. The van der Waals surface area contributed by atoms with Crippen LogP contribution in [0.1, 0.15) is 40.7 Å². The summed E-state index contributed by atoms with van der Waals surface area (Å²) in [5, 5.41) is 9.40. The van der Waals surface area contributed by atoms with Crippen LogP contribution in [-0.4, -0.2) is 53.9 Å². The molecular formula is C24H26FN5O3. The second-order valence-electron chi connectivity index (χ2n) is 9.14. The second kappa shape index (κ2) is 7.84. The van der Waals surface area contributed by atoms with Crippen molar-refractivity contribution < 1.29 is 14.3 Å². The summed E-state index contributed by atoms with van der Waals surface area (Å²) in [7, 11) is 3.96. The van der Waals surface area contributed by atoms with Crippen molar-refractivity contribution in [3.8, 4) is 0 Å². The normalized spacial score (nSPS) is 20.4. The highest BCUT2D eigenvalue weighted by Gasteiger charge is 2.34. The Balaban J connectivity index is 1.53. The molecular weight excluding hydrogens is 425 g/mol. The molecule has 2 fully saturated rings. The first-order valence-electron chi connectivity index (χ1n) is 11.0. The van der Waals surface area contributed by atoms with E-state index < -0.39 is 17.2 Å². The van der Waals surface area contributed by atoms with Crippen molar-refractivity contribution in [1.29, 1.82) is 0 Å². The molecule has 3 heterocycles. The number of nitrogens with two attached hydrogens (primary N) is 1. The molecule has 2 atom stereocenters. The smallest absolute Gasteiger partial charge is 0.341 e. The van der Waals surface area contributed by atoms with Gasteiger partial charge >= 0.3 is 5.97 Å². The molecule has 1 saturated carbocycles. The molecule has 3 aromatic rings. The molecule has 172 valence electrons. The first kappa shape index (κ1) is 21.4. The molecule has 1 aromatic carbocycles. The van der Waals surface area contributed by atoms with Gasteiger partial charge in [0.1, 0.15) is 11.2 Å². The molecule has 1 saturated heterocycles. The van der Waals surface area contributed by atoms with E-state index >= 15 is 4.39 Å². The highest BCUT2D eigenvalue weighted by Crippen LogP contribution is 2.38. The Morgan fingerprint density at radius 2 is 1.91 bits per heavy atom. The zero-order valence-corrected chi connectivity index (χ0v) is 18.5. The van der Waals surface area contributed by atoms with Crippen LogP contribution in [0, 0.1) is 5.82 Å². The van der Waals surface area contributed by atoms with Gasteiger partial charge in [0.2, 0.25) is 5.43 Å². The number of halogens is 1. The first-order chi connectivity index (χ1) is 15.7. The summed E-state index contributed by atoms with van der Waals surface area (Å²) >= 11 is 0. The summed E-state index contributed by atoms with van der Waals surface area (Å²) in [6.45, 7) is 0.926. The number of hydrogen-bond donors (Lipinski definition) is 2. The summed E-state index contributed by atoms with van der Waals surface area (Å²) in [6.07, 6.45) is 3.07. The summed E-state index contributed by atoms with van der Waals surface area (Å²) < 4.78 is 16.9. The van der Waals surface area contributed by atoms with E-state index in [-0.39, 0.29) is 34.8 Å². The lowest BCUT2D eigenvalue weighted by atomic mass is 9.95. The molecule has 0 spiro atoms. The van der Waals surface area contributed by atoms with Crippen molar-refractivity contribution in [2.75, 3.05) is 37.0 Å². The summed E-state index contributed by atoms with van der Waals surface area (Å²) in [5.41, 5.74) is 7.84. The van der Waals surface area contributed by atoms with Crippen LogP contribution >= 0.6 is 0 Å². The standard InChI is InChI=1S/C24H26FN5O3/c1-28(2)14-5-3-13(4-6-14)17-10-29(12-20(17)26)23-19(25)9-16-21(31)18(24(32)33)11-30(15-7-8-15)22(16)27-23/h3-6,9,11,15,17,20H,7-8,10,12,26H2,1-2H3,(H,32,33)/t17-,20-/m0/s1. The van der Waals surface area contributed by atoms with E-state index in [0.29, 0.717) is 18.7 Å². The van der Waals surface area contributed by atoms with Crippen LogP contribution in [0.15, 0.2) is 41.3 Å². The molecule has 8 nitrogen and oxygen atoms in total. The fourth-order valence-electron chi connectivity index (χ4n) is 4.62. The van der Waals surface area contributed by atoms with Gasteiger partial charge in [-0.3, -0.25) is 4.79 Å². The van der Waals surface area contributed by atoms with Gasteiger partial charge < -0.3 is 25.2 Å². The van der Waals surface area contributed by atoms with Crippen LogP contribution < -0.4 is 21.0 Å². The Hall–Kier alpha value is -3.46. The fourth-order valence-corrected chi connectivity index (χ4v) is 4.62. The molecule has 0 unspecified atom stereocenters. The Kier molecular flexibility index (Phi) is 5.08. The second-order valence-corrected chi connectivity index (χ2v) is 9.14. The Morgan fingerprint density at radius 3 is 2.52 bits per heavy atom. The quantitative estimate of drug-likeness (QED) is 0.614. The van der Waals surface area contributed by atoms with Gasteiger partial charge in [-0.1, -0.05) is 12.1 Å². The molecule has 1 aliphatic carbocycles. The van der Waals surface area contributed by atoms with Gasteiger partial charge in [-0.2, -0.15) is 0 Å². The fraction of sp³-hybridized carbons (Fsp3) is 0.375. The molecule has 2 aromatic heterocycles. The SMILES string of the molecule is CN(C)c1ccc([C@@H]2CN(c3nc4c(cc3F)c(=O)c(C(=O)O)cn4C3CC3)C[C@@H]2N)cc1. The van der Waals surface area contributed by atoms with E-state index in [9.17, 15) is 14.7 Å². The third-order valence-corrected chi connectivity index (χ3v) is 6.61. The van der Waals surface area contributed by atoms with Crippen LogP contribution in [0.3, 0.4) is 0 Å². The lowest BCUT2D eigenvalue weighted by Crippen LogP contribution is -2.29. The van der Waals surface area contributed by atoms with Crippen molar-refractivity contribution in [2.24, 2.45) is 5.73 Å². The predicted octanol–water partition coefficient (Wildman–Crippen LogP) is 2.57. The van der Waals surface area contributed by atoms with Crippen LogP contribution in [0.25, 0.3) is 11.0 Å². The maximum absolute atomic E-state index is 15.2. The number of anilines is 2. The zero-order valence-electron chi connectivity index (χ0n) is 18.5. The minimum absolute atomic E-state index is 0.0117. The van der Waals surface area contributed by atoms with Crippen molar-refractivity contribution in [1.82, 2.24) is 9.55 Å². The third kappa shape index (κ3) is 3.72. The number of carbonyl (C=O) groups is 1. The van der Waals surface area contributed by atoms with E-state index in [1.54, 1.807) is 4.57 Å². The summed E-state index contributed by atoms with van der Waals surface area (Å²) in [6, 6.07) is 9.16. The topological polar surface area (TPSA) is 105 Å². The van der Waals surface area contributed by atoms with Crippen LogP contribution in [-0.2, 0) is 0 Å². The third-order valence-electron chi connectivity index (χ3n) is 6.61. The minimum atomic E-state index is -1.32. The first-order valence-corrected chi connectivity index (χ1v) is 11.0. The maximum atomic E-state index is 15.2. The van der Waals surface area contributed by atoms with Gasteiger partial charge in [-0.25, -0.2) is 14.2 Å². The number of hydrogen-bond acceptors (Lipinski definition) is 6. The van der Waals surface area contributed by atoms with Gasteiger partial charge in [0, 0.05) is 57.1 Å². The lowest BCUT2D eigenvalue weighted by Gasteiger charge is -2.20. The van der Waals surface area contributed by atoms with Gasteiger partial charge in [-0.05, 0) is 36.6 Å². The van der Waals surface area contributed by atoms with Gasteiger partial charge in [-0.15, -0.1) is 0 Å². The van der Waals surface area contributed by atoms with E-state index in [2.05, 4.69) is 4.98 Å². The number of nitrogens with zero attached hydrogens (tertiary/aromatic N) is 4. The minimum Gasteiger partial charge on any atom is -0.477 e. The molecule has 33 heavy (non-hydrogen) atoms. The van der Waals surface area contributed by atoms with Crippen LogP contribution in [0.2, 0.25) is 0 Å². The highest BCUT2D eigenvalue weighted by molar-refractivity contribution is 5.92. The largest absolute Gasteiger partial charge is 0.477 e. The maximum Gasteiger partial charge on any atom is 0.341 e. The van der Waals surface area contributed by atoms with Crippen LogP contribution in [0.5, 0.6) is 0 Å². The van der Waals surface area contributed by atoms with Gasteiger partial charge in [0.15, 0.2) is 11.6 Å². The molecule has 5 rings (SSSR count). The number of rotatable bonds is 5. The van der Waals surface area contributed by atoms with E-state index in [1.165, 1.54) is 6.20 Å². The summed E-state index contributed by atoms with van der Waals surface area (Å²) in [5.74, 6) is -1.82. The average Bonchev–Trinajstić information content (AvgIpc) is 3.55. The number of carboxylic acid groups (broad SMARTS) is 1. The number of carboxylic acids is 1. The molecule has 2 aliphatic rings.